The van der Waals surface area contributed by atoms with Gasteiger partial charge in [0.25, 0.3) is 0 Å². The summed E-state index contributed by atoms with van der Waals surface area (Å²) in [6.07, 6.45) is 11.0. The summed E-state index contributed by atoms with van der Waals surface area (Å²) in [4.78, 5) is 0. The molecule has 0 heterocycles. The van der Waals surface area contributed by atoms with E-state index in [0.29, 0.717) is 4.75 Å². The van der Waals surface area contributed by atoms with Gasteiger partial charge in [0, 0.05) is 16.5 Å². The van der Waals surface area contributed by atoms with Crippen molar-refractivity contribution >= 4 is 11.8 Å². The predicted octanol–water partition coefficient (Wildman–Crippen LogP) is 5.64. The fourth-order valence-corrected chi connectivity index (χ4v) is 3.10. The molecule has 1 N–H and O–H groups in total. The van der Waals surface area contributed by atoms with E-state index in [1.165, 1.54) is 63.7 Å². The van der Waals surface area contributed by atoms with Crippen molar-refractivity contribution in [3.63, 3.8) is 0 Å². The first kappa shape index (κ1) is 19.3. The SMILES string of the molecule is CCCCCCCCC(CSC(C)(C)C)NCCC. The molecule has 1 nitrogen and oxygen atoms in total. The molecule has 116 valence electrons. The molecular formula is C17H37NS. The summed E-state index contributed by atoms with van der Waals surface area (Å²) < 4.78 is 0.396. The standard InChI is InChI=1S/C17H37NS/c1-6-8-9-10-11-12-13-16(18-14-7-2)15-19-17(3,4)5/h16,18H,6-15H2,1-5H3. The Hall–Kier alpha value is 0.310. The Bertz CT molecular complexity index is 186. The summed E-state index contributed by atoms with van der Waals surface area (Å²) in [5.41, 5.74) is 0. The van der Waals surface area contributed by atoms with Crippen molar-refractivity contribution in [2.45, 2.75) is 96.8 Å². The average Bonchev–Trinajstić information content (AvgIpc) is 2.34. The van der Waals surface area contributed by atoms with Gasteiger partial charge >= 0.3 is 0 Å². The lowest BCUT2D eigenvalue weighted by Gasteiger charge is -2.24. The van der Waals surface area contributed by atoms with Crippen LogP contribution in [-0.4, -0.2) is 23.1 Å². The zero-order valence-corrected chi connectivity index (χ0v) is 14.9. The van der Waals surface area contributed by atoms with E-state index in [2.05, 4.69) is 51.7 Å². The van der Waals surface area contributed by atoms with Gasteiger partial charge in [-0.1, -0.05) is 73.1 Å². The lowest BCUT2D eigenvalue weighted by atomic mass is 10.1. The van der Waals surface area contributed by atoms with Crippen LogP contribution < -0.4 is 5.32 Å². The largest absolute Gasteiger partial charge is 0.313 e. The van der Waals surface area contributed by atoms with Crippen molar-refractivity contribution in [1.82, 2.24) is 5.32 Å². The molecule has 0 aromatic heterocycles. The van der Waals surface area contributed by atoms with E-state index in [0.717, 1.165) is 6.04 Å². The molecule has 0 aromatic rings. The summed E-state index contributed by atoms with van der Waals surface area (Å²) in [5, 5.41) is 3.72. The smallest absolute Gasteiger partial charge is 0.0158 e. The molecule has 0 saturated heterocycles. The zero-order valence-electron chi connectivity index (χ0n) is 14.1. The molecule has 0 radical (unpaired) electrons. The van der Waals surface area contributed by atoms with Crippen LogP contribution in [0.3, 0.4) is 0 Å². The number of nitrogens with one attached hydrogen (secondary N) is 1. The number of rotatable bonds is 12. The molecule has 0 fully saturated rings. The van der Waals surface area contributed by atoms with Crippen molar-refractivity contribution in [3.05, 3.63) is 0 Å². The van der Waals surface area contributed by atoms with E-state index < -0.39 is 0 Å². The van der Waals surface area contributed by atoms with Crippen molar-refractivity contribution in [3.8, 4) is 0 Å². The number of hydrogen-bond donors (Lipinski definition) is 1. The van der Waals surface area contributed by atoms with Gasteiger partial charge in [-0.05, 0) is 19.4 Å². The molecule has 2 heteroatoms. The highest BCUT2D eigenvalue weighted by Gasteiger charge is 2.15. The minimum Gasteiger partial charge on any atom is -0.313 e. The molecular weight excluding hydrogens is 250 g/mol. The Labute approximate surface area is 126 Å². The molecule has 0 aliphatic rings. The minimum atomic E-state index is 0.396. The van der Waals surface area contributed by atoms with Crippen LogP contribution in [0.15, 0.2) is 0 Å². The number of hydrogen-bond acceptors (Lipinski definition) is 2. The van der Waals surface area contributed by atoms with Crippen molar-refractivity contribution in [2.24, 2.45) is 0 Å². The maximum atomic E-state index is 3.72. The Balaban J connectivity index is 3.73. The summed E-state index contributed by atoms with van der Waals surface area (Å²) >= 11 is 2.10. The van der Waals surface area contributed by atoms with E-state index in [4.69, 9.17) is 0 Å². The van der Waals surface area contributed by atoms with Crippen LogP contribution in [0.2, 0.25) is 0 Å². The quantitative estimate of drug-likeness (QED) is 0.466. The van der Waals surface area contributed by atoms with Crippen molar-refractivity contribution < 1.29 is 0 Å². The molecule has 0 spiro atoms. The van der Waals surface area contributed by atoms with Crippen LogP contribution in [0.4, 0.5) is 0 Å². The number of thioether (sulfide) groups is 1. The fraction of sp³-hybridized carbons (Fsp3) is 1.00. The summed E-state index contributed by atoms with van der Waals surface area (Å²) in [5.74, 6) is 1.26. The van der Waals surface area contributed by atoms with Crippen LogP contribution in [0, 0.1) is 0 Å². The second-order valence-electron chi connectivity index (χ2n) is 6.63. The maximum Gasteiger partial charge on any atom is 0.0158 e. The molecule has 0 amide bonds. The monoisotopic (exact) mass is 287 g/mol. The lowest BCUT2D eigenvalue weighted by molar-refractivity contribution is 0.483. The zero-order chi connectivity index (χ0) is 14.6. The third-order valence-corrected chi connectivity index (χ3v) is 4.74. The maximum absolute atomic E-state index is 3.72. The Kier molecular flexibility index (Phi) is 12.3. The normalized spacial score (nSPS) is 13.7. The van der Waals surface area contributed by atoms with Gasteiger partial charge in [-0.25, -0.2) is 0 Å². The van der Waals surface area contributed by atoms with Crippen LogP contribution in [0.25, 0.3) is 0 Å². The molecule has 0 aromatic carbocycles. The molecule has 0 saturated carbocycles. The van der Waals surface area contributed by atoms with Crippen LogP contribution in [0.5, 0.6) is 0 Å². The van der Waals surface area contributed by atoms with E-state index >= 15 is 0 Å². The van der Waals surface area contributed by atoms with E-state index in [9.17, 15) is 0 Å². The third-order valence-electron chi connectivity index (χ3n) is 3.31. The van der Waals surface area contributed by atoms with E-state index in [1.807, 2.05) is 0 Å². The van der Waals surface area contributed by atoms with Crippen LogP contribution >= 0.6 is 11.8 Å². The molecule has 0 aliphatic carbocycles. The Morgan fingerprint density at radius 2 is 1.53 bits per heavy atom. The summed E-state index contributed by atoms with van der Waals surface area (Å²) in [6.45, 7) is 12.7. The molecule has 0 aliphatic heterocycles. The Morgan fingerprint density at radius 3 is 2.11 bits per heavy atom. The molecule has 0 bridgehead atoms. The van der Waals surface area contributed by atoms with Gasteiger partial charge in [0.15, 0.2) is 0 Å². The first-order chi connectivity index (χ1) is 8.99. The van der Waals surface area contributed by atoms with Gasteiger partial charge in [0.1, 0.15) is 0 Å². The highest BCUT2D eigenvalue weighted by Crippen LogP contribution is 2.25. The molecule has 1 atom stereocenters. The number of unbranched alkanes of at least 4 members (excludes halogenated alkanes) is 5. The Morgan fingerprint density at radius 1 is 0.895 bits per heavy atom. The predicted molar refractivity (Wildman–Crippen MR) is 92.3 cm³/mol. The average molecular weight is 288 g/mol. The lowest BCUT2D eigenvalue weighted by Crippen LogP contribution is -2.33. The van der Waals surface area contributed by atoms with Gasteiger partial charge in [-0.2, -0.15) is 11.8 Å². The first-order valence-electron chi connectivity index (χ1n) is 8.37. The minimum absolute atomic E-state index is 0.396. The molecule has 19 heavy (non-hydrogen) atoms. The van der Waals surface area contributed by atoms with Gasteiger partial charge in [-0.15, -0.1) is 0 Å². The van der Waals surface area contributed by atoms with Crippen LogP contribution in [0.1, 0.15) is 86.0 Å². The van der Waals surface area contributed by atoms with Gasteiger partial charge in [-0.3, -0.25) is 0 Å². The van der Waals surface area contributed by atoms with Crippen LogP contribution in [-0.2, 0) is 0 Å². The summed E-state index contributed by atoms with van der Waals surface area (Å²) in [6, 6.07) is 0.718. The topological polar surface area (TPSA) is 12.0 Å². The van der Waals surface area contributed by atoms with Gasteiger partial charge in [0.05, 0.1) is 0 Å². The fourth-order valence-electron chi connectivity index (χ4n) is 2.11. The van der Waals surface area contributed by atoms with E-state index in [-0.39, 0.29) is 0 Å². The van der Waals surface area contributed by atoms with Gasteiger partial charge < -0.3 is 5.32 Å². The molecule has 0 rings (SSSR count). The highest BCUT2D eigenvalue weighted by molar-refractivity contribution is 8.00. The first-order valence-corrected chi connectivity index (χ1v) is 9.35. The second kappa shape index (κ2) is 12.1. The van der Waals surface area contributed by atoms with E-state index in [1.54, 1.807) is 0 Å². The summed E-state index contributed by atoms with van der Waals surface area (Å²) in [7, 11) is 0. The van der Waals surface area contributed by atoms with Crippen molar-refractivity contribution in [1.29, 1.82) is 0 Å². The molecule has 1 unspecified atom stereocenters. The highest BCUT2D eigenvalue weighted by atomic mass is 32.2. The third kappa shape index (κ3) is 14.5. The van der Waals surface area contributed by atoms with Gasteiger partial charge in [0.2, 0.25) is 0 Å². The second-order valence-corrected chi connectivity index (χ2v) is 8.48. The van der Waals surface area contributed by atoms with Crippen molar-refractivity contribution in [2.75, 3.05) is 12.3 Å².